The van der Waals surface area contributed by atoms with Crippen LogP contribution >= 0.6 is 0 Å². The minimum absolute atomic E-state index is 0.0163. The lowest BCUT2D eigenvalue weighted by Gasteiger charge is -2.25. The molecule has 1 atom stereocenters. The van der Waals surface area contributed by atoms with Crippen LogP contribution in [0.25, 0.3) is 0 Å². The predicted molar refractivity (Wildman–Crippen MR) is 84.8 cm³/mol. The molecule has 2 rings (SSSR count). The van der Waals surface area contributed by atoms with Crippen molar-refractivity contribution in [3.8, 4) is 0 Å². The zero-order valence-electron chi connectivity index (χ0n) is 13.4. The van der Waals surface area contributed by atoms with Gasteiger partial charge in [-0.05, 0) is 18.3 Å². The monoisotopic (exact) mass is 308 g/mol. The first-order chi connectivity index (χ1) is 10.5. The van der Waals surface area contributed by atoms with Crippen LogP contribution in [-0.2, 0) is 6.54 Å². The molecule has 8 heteroatoms. The summed E-state index contributed by atoms with van der Waals surface area (Å²) in [4.78, 5) is 16.8. The largest absolute Gasteiger partial charge is 0.354 e. The summed E-state index contributed by atoms with van der Waals surface area (Å²) in [6, 6.07) is 0. The van der Waals surface area contributed by atoms with Gasteiger partial charge in [0.05, 0.1) is 11.5 Å². The molecular formula is C14H24N6O2. The van der Waals surface area contributed by atoms with Crippen molar-refractivity contribution in [1.29, 1.82) is 0 Å². The molecule has 0 amide bonds. The highest BCUT2D eigenvalue weighted by molar-refractivity contribution is 5.80. The van der Waals surface area contributed by atoms with Crippen molar-refractivity contribution < 1.29 is 4.92 Å². The summed E-state index contributed by atoms with van der Waals surface area (Å²) in [6.45, 7) is 7.75. The smallest absolute Gasteiger partial charge is 0.306 e. The van der Waals surface area contributed by atoms with Crippen molar-refractivity contribution in [1.82, 2.24) is 20.0 Å². The Balaban J connectivity index is 1.83. The Morgan fingerprint density at radius 2 is 2.41 bits per heavy atom. The van der Waals surface area contributed by atoms with E-state index in [0.717, 1.165) is 25.5 Å². The average molecular weight is 308 g/mol. The van der Waals surface area contributed by atoms with E-state index >= 15 is 0 Å². The van der Waals surface area contributed by atoms with Crippen LogP contribution in [-0.4, -0.2) is 52.2 Å². The third-order valence-corrected chi connectivity index (χ3v) is 4.38. The van der Waals surface area contributed by atoms with E-state index in [1.807, 2.05) is 0 Å². The second-order valence-electron chi connectivity index (χ2n) is 6.03. The van der Waals surface area contributed by atoms with Gasteiger partial charge in [-0.3, -0.25) is 19.8 Å². The third kappa shape index (κ3) is 3.75. The molecule has 0 bridgehead atoms. The minimum atomic E-state index is -0.439. The lowest BCUT2D eigenvalue weighted by molar-refractivity contribution is -0.385. The third-order valence-electron chi connectivity index (χ3n) is 4.38. The molecular weight excluding hydrogens is 284 g/mol. The van der Waals surface area contributed by atoms with Crippen molar-refractivity contribution >= 4 is 11.6 Å². The topological polar surface area (TPSA) is 88.6 Å². The van der Waals surface area contributed by atoms with Crippen LogP contribution in [0.2, 0.25) is 0 Å². The maximum absolute atomic E-state index is 10.6. The highest BCUT2D eigenvalue weighted by Crippen LogP contribution is 2.32. The standard InChI is InChI=1S/C14H24N6O2/c1-4-14(2)5-7-18(11-14)13(15-3)16-6-8-19-10-12(9-17-19)20(21)22/h9-10H,4-8,11H2,1-3H3,(H,15,16). The summed E-state index contributed by atoms with van der Waals surface area (Å²) in [5, 5.41) is 17.9. The van der Waals surface area contributed by atoms with Crippen LogP contribution in [0, 0.1) is 15.5 Å². The van der Waals surface area contributed by atoms with Crippen LogP contribution in [0.4, 0.5) is 5.69 Å². The first kappa shape index (κ1) is 16.3. The Kier molecular flexibility index (Phi) is 4.99. The van der Waals surface area contributed by atoms with E-state index in [2.05, 4.69) is 34.2 Å². The van der Waals surface area contributed by atoms with Gasteiger partial charge in [0, 0.05) is 26.7 Å². The zero-order valence-corrected chi connectivity index (χ0v) is 13.4. The maximum atomic E-state index is 10.6. The molecule has 2 heterocycles. The fraction of sp³-hybridized carbons (Fsp3) is 0.714. The molecule has 1 fully saturated rings. The number of nitrogens with one attached hydrogen (secondary N) is 1. The van der Waals surface area contributed by atoms with Crippen LogP contribution in [0.3, 0.4) is 0 Å². The van der Waals surface area contributed by atoms with Gasteiger partial charge < -0.3 is 10.2 Å². The van der Waals surface area contributed by atoms with Crippen LogP contribution in [0.15, 0.2) is 17.4 Å². The van der Waals surface area contributed by atoms with Gasteiger partial charge in [0.1, 0.15) is 12.4 Å². The zero-order chi connectivity index (χ0) is 16.2. The van der Waals surface area contributed by atoms with Crippen LogP contribution < -0.4 is 5.32 Å². The number of nitrogens with zero attached hydrogens (tertiary/aromatic N) is 5. The van der Waals surface area contributed by atoms with Crippen molar-refractivity contribution in [3.63, 3.8) is 0 Å². The summed E-state index contributed by atoms with van der Waals surface area (Å²) in [7, 11) is 1.78. The van der Waals surface area contributed by atoms with Gasteiger partial charge in [0.25, 0.3) is 0 Å². The summed E-state index contributed by atoms with van der Waals surface area (Å²) >= 11 is 0. The van der Waals surface area contributed by atoms with Gasteiger partial charge in [0.2, 0.25) is 0 Å². The fourth-order valence-corrected chi connectivity index (χ4v) is 2.68. The predicted octanol–water partition coefficient (Wildman–Crippen LogP) is 1.49. The van der Waals surface area contributed by atoms with Crippen LogP contribution in [0.1, 0.15) is 26.7 Å². The second-order valence-corrected chi connectivity index (χ2v) is 6.03. The molecule has 1 unspecified atom stereocenters. The Hall–Kier alpha value is -2.12. The fourth-order valence-electron chi connectivity index (χ4n) is 2.68. The minimum Gasteiger partial charge on any atom is -0.354 e. The molecule has 1 saturated heterocycles. The molecule has 0 radical (unpaired) electrons. The van der Waals surface area contributed by atoms with Gasteiger partial charge in [-0.1, -0.05) is 13.8 Å². The van der Waals surface area contributed by atoms with E-state index < -0.39 is 4.92 Å². The molecule has 1 N–H and O–H groups in total. The van der Waals surface area contributed by atoms with Crippen molar-refractivity contribution in [2.45, 2.75) is 33.2 Å². The van der Waals surface area contributed by atoms with Crippen molar-refractivity contribution in [2.75, 3.05) is 26.7 Å². The molecule has 0 aliphatic carbocycles. The SMILES string of the molecule is CCC1(C)CCN(C(=NC)NCCn2cc([N+](=O)[O-])cn2)C1. The summed E-state index contributed by atoms with van der Waals surface area (Å²) in [6.07, 6.45) is 5.05. The lowest BCUT2D eigenvalue weighted by Crippen LogP contribution is -2.42. The lowest BCUT2D eigenvalue weighted by atomic mass is 9.87. The Morgan fingerprint density at radius 3 is 2.95 bits per heavy atom. The molecule has 0 aromatic carbocycles. The van der Waals surface area contributed by atoms with E-state index in [1.54, 1.807) is 11.7 Å². The van der Waals surface area contributed by atoms with Gasteiger partial charge in [0.15, 0.2) is 5.96 Å². The van der Waals surface area contributed by atoms with Crippen molar-refractivity contribution in [3.05, 3.63) is 22.5 Å². The van der Waals surface area contributed by atoms with E-state index in [-0.39, 0.29) is 5.69 Å². The molecule has 0 spiro atoms. The Bertz CT molecular complexity index is 555. The quantitative estimate of drug-likeness (QED) is 0.385. The number of hydrogen-bond acceptors (Lipinski definition) is 4. The van der Waals surface area contributed by atoms with Gasteiger partial charge >= 0.3 is 5.69 Å². The number of rotatable bonds is 5. The summed E-state index contributed by atoms with van der Waals surface area (Å²) in [5.41, 5.74) is 0.378. The Morgan fingerprint density at radius 1 is 1.64 bits per heavy atom. The highest BCUT2D eigenvalue weighted by atomic mass is 16.6. The molecule has 22 heavy (non-hydrogen) atoms. The number of aromatic nitrogens is 2. The van der Waals surface area contributed by atoms with E-state index in [4.69, 9.17) is 0 Å². The van der Waals surface area contributed by atoms with Gasteiger partial charge in [-0.15, -0.1) is 0 Å². The van der Waals surface area contributed by atoms with E-state index in [1.165, 1.54) is 18.8 Å². The first-order valence-electron chi connectivity index (χ1n) is 7.60. The van der Waals surface area contributed by atoms with E-state index in [0.29, 0.717) is 18.5 Å². The highest BCUT2D eigenvalue weighted by Gasteiger charge is 2.33. The number of nitro groups is 1. The molecule has 0 saturated carbocycles. The molecule has 1 aliphatic rings. The van der Waals surface area contributed by atoms with E-state index in [9.17, 15) is 10.1 Å². The first-order valence-corrected chi connectivity index (χ1v) is 7.60. The number of guanidine groups is 1. The van der Waals surface area contributed by atoms with Crippen molar-refractivity contribution in [2.24, 2.45) is 10.4 Å². The summed E-state index contributed by atoms with van der Waals surface area (Å²) < 4.78 is 1.57. The molecule has 1 aromatic heterocycles. The normalized spacial score (nSPS) is 22.1. The van der Waals surface area contributed by atoms with Gasteiger partial charge in [-0.2, -0.15) is 5.10 Å². The molecule has 122 valence electrons. The number of aliphatic imine (C=N–C) groups is 1. The Labute approximate surface area is 130 Å². The average Bonchev–Trinajstić information content (AvgIpc) is 3.11. The van der Waals surface area contributed by atoms with Crippen LogP contribution in [0.5, 0.6) is 0 Å². The second kappa shape index (κ2) is 6.76. The summed E-state index contributed by atoms with van der Waals surface area (Å²) in [5.74, 6) is 0.888. The number of hydrogen-bond donors (Lipinski definition) is 1. The molecule has 8 nitrogen and oxygen atoms in total. The van der Waals surface area contributed by atoms with Gasteiger partial charge in [-0.25, -0.2) is 0 Å². The number of likely N-dealkylation sites (tertiary alicyclic amines) is 1. The molecule has 1 aromatic rings. The molecule has 1 aliphatic heterocycles. The maximum Gasteiger partial charge on any atom is 0.306 e.